The first-order chi connectivity index (χ1) is 8.47. The number of alkyl halides is 1. The van der Waals surface area contributed by atoms with Gasteiger partial charge in [-0.15, -0.1) is 0 Å². The monoisotopic (exact) mass is 266 g/mol. The average molecular weight is 267 g/mol. The molecule has 1 rings (SSSR count). The summed E-state index contributed by atoms with van der Waals surface area (Å²) in [5, 5.41) is 7.38. The SMILES string of the molecule is CC(=O)OC(C)(Cl)N(CCC#N)c1ccccc1. The van der Waals surface area contributed by atoms with Crippen LogP contribution in [0.5, 0.6) is 0 Å². The van der Waals surface area contributed by atoms with E-state index in [0.717, 1.165) is 5.69 Å². The highest BCUT2D eigenvalue weighted by Crippen LogP contribution is 2.28. The van der Waals surface area contributed by atoms with Crippen molar-refractivity contribution in [3.63, 3.8) is 0 Å². The van der Waals surface area contributed by atoms with E-state index in [1.165, 1.54) is 6.92 Å². The first-order valence-corrected chi connectivity index (χ1v) is 5.93. The molecule has 0 aliphatic rings. The number of rotatable bonds is 5. The number of nitriles is 1. The number of para-hydroxylation sites is 1. The second kappa shape index (κ2) is 6.27. The molecule has 5 heteroatoms. The average Bonchev–Trinajstić information content (AvgIpc) is 2.29. The highest BCUT2D eigenvalue weighted by atomic mass is 35.5. The molecule has 1 atom stereocenters. The maximum atomic E-state index is 11.1. The lowest BCUT2D eigenvalue weighted by Crippen LogP contribution is -2.45. The summed E-state index contributed by atoms with van der Waals surface area (Å²) in [6.45, 7) is 3.27. The van der Waals surface area contributed by atoms with Crippen molar-refractivity contribution in [2.45, 2.75) is 25.5 Å². The summed E-state index contributed by atoms with van der Waals surface area (Å²) in [4.78, 5) is 12.8. The molecule has 0 saturated heterocycles. The minimum Gasteiger partial charge on any atom is -0.425 e. The van der Waals surface area contributed by atoms with Crippen LogP contribution in [0.3, 0.4) is 0 Å². The van der Waals surface area contributed by atoms with Crippen molar-refractivity contribution >= 4 is 23.3 Å². The number of benzene rings is 1. The molecule has 0 heterocycles. The van der Waals surface area contributed by atoms with Crippen LogP contribution in [0, 0.1) is 11.3 Å². The quantitative estimate of drug-likeness (QED) is 0.356. The van der Waals surface area contributed by atoms with Crippen LogP contribution in [0.15, 0.2) is 30.3 Å². The summed E-state index contributed by atoms with van der Waals surface area (Å²) in [7, 11) is 0. The minimum atomic E-state index is -1.30. The zero-order valence-electron chi connectivity index (χ0n) is 10.4. The molecule has 0 amide bonds. The predicted molar refractivity (Wildman–Crippen MR) is 70.0 cm³/mol. The Labute approximate surface area is 112 Å². The number of carbonyl (C=O) groups is 1. The number of esters is 1. The van der Waals surface area contributed by atoms with Gasteiger partial charge < -0.3 is 9.64 Å². The Morgan fingerprint density at radius 1 is 1.50 bits per heavy atom. The summed E-state index contributed by atoms with van der Waals surface area (Å²) < 4.78 is 5.09. The normalized spacial score (nSPS) is 13.2. The van der Waals surface area contributed by atoms with E-state index >= 15 is 0 Å². The number of carbonyl (C=O) groups excluding carboxylic acids is 1. The largest absolute Gasteiger partial charge is 0.425 e. The summed E-state index contributed by atoms with van der Waals surface area (Å²) in [5.74, 6) is -0.467. The number of hydrogen-bond acceptors (Lipinski definition) is 4. The molecule has 0 aromatic heterocycles. The molecule has 0 bridgehead atoms. The van der Waals surface area contributed by atoms with Crippen molar-refractivity contribution in [1.29, 1.82) is 5.26 Å². The number of anilines is 1. The first kappa shape index (κ1) is 14.3. The Balaban J connectivity index is 2.98. The van der Waals surface area contributed by atoms with Crippen molar-refractivity contribution in [2.24, 2.45) is 0 Å². The molecule has 0 N–H and O–H groups in total. The van der Waals surface area contributed by atoms with Gasteiger partial charge in [-0.05, 0) is 12.1 Å². The number of ether oxygens (including phenoxy) is 1. The van der Waals surface area contributed by atoms with Crippen molar-refractivity contribution in [1.82, 2.24) is 0 Å². The third-order valence-electron chi connectivity index (χ3n) is 2.33. The summed E-state index contributed by atoms with van der Waals surface area (Å²) in [6, 6.07) is 11.3. The molecule has 0 aliphatic heterocycles. The Morgan fingerprint density at radius 2 is 2.11 bits per heavy atom. The second-order valence-electron chi connectivity index (χ2n) is 3.86. The third kappa shape index (κ3) is 3.94. The van der Waals surface area contributed by atoms with Gasteiger partial charge in [0.1, 0.15) is 0 Å². The van der Waals surface area contributed by atoms with E-state index in [2.05, 4.69) is 6.07 Å². The number of nitrogens with zero attached hydrogens (tertiary/aromatic N) is 2. The van der Waals surface area contributed by atoms with Gasteiger partial charge >= 0.3 is 5.97 Å². The maximum absolute atomic E-state index is 11.1. The molecule has 0 radical (unpaired) electrons. The maximum Gasteiger partial charge on any atom is 0.305 e. The molecule has 1 aromatic rings. The second-order valence-corrected chi connectivity index (χ2v) is 4.56. The zero-order valence-corrected chi connectivity index (χ0v) is 11.1. The van der Waals surface area contributed by atoms with Gasteiger partial charge in [-0.3, -0.25) is 4.79 Å². The summed E-state index contributed by atoms with van der Waals surface area (Å²) in [6.07, 6.45) is 0.290. The van der Waals surface area contributed by atoms with E-state index in [1.807, 2.05) is 30.3 Å². The summed E-state index contributed by atoms with van der Waals surface area (Å²) >= 11 is 6.24. The van der Waals surface area contributed by atoms with Gasteiger partial charge in [-0.2, -0.15) is 5.26 Å². The highest BCUT2D eigenvalue weighted by molar-refractivity contribution is 6.24. The fourth-order valence-electron chi connectivity index (χ4n) is 1.65. The highest BCUT2D eigenvalue weighted by Gasteiger charge is 2.32. The molecule has 1 unspecified atom stereocenters. The molecular formula is C13H15ClN2O2. The molecule has 96 valence electrons. The minimum absolute atomic E-state index is 0.290. The van der Waals surface area contributed by atoms with Crippen LogP contribution in [0.2, 0.25) is 0 Å². The molecule has 0 aliphatic carbocycles. The van der Waals surface area contributed by atoms with Gasteiger partial charge in [-0.25, -0.2) is 0 Å². The fraction of sp³-hybridized carbons (Fsp3) is 0.385. The molecule has 0 saturated carbocycles. The van der Waals surface area contributed by atoms with Crippen molar-refractivity contribution in [3.05, 3.63) is 30.3 Å². The number of halogens is 1. The van der Waals surface area contributed by atoms with E-state index < -0.39 is 11.2 Å². The van der Waals surface area contributed by atoms with E-state index in [-0.39, 0.29) is 0 Å². The third-order valence-corrected chi connectivity index (χ3v) is 2.61. The van der Waals surface area contributed by atoms with Crippen LogP contribution in [-0.2, 0) is 9.53 Å². The van der Waals surface area contributed by atoms with Gasteiger partial charge in [0.05, 0.1) is 12.5 Å². The molecule has 18 heavy (non-hydrogen) atoms. The molecule has 0 fully saturated rings. The molecule has 4 nitrogen and oxygen atoms in total. The van der Waals surface area contributed by atoms with Crippen molar-refractivity contribution in [2.75, 3.05) is 11.4 Å². The Kier molecular flexibility index (Phi) is 4.99. The molecule has 1 aromatic carbocycles. The van der Waals surface area contributed by atoms with Gasteiger partial charge in [0.15, 0.2) is 0 Å². The topological polar surface area (TPSA) is 53.3 Å². The van der Waals surface area contributed by atoms with Crippen LogP contribution in [0.1, 0.15) is 20.3 Å². The zero-order chi connectivity index (χ0) is 13.6. The fourth-order valence-corrected chi connectivity index (χ4v) is 1.94. The number of hydrogen-bond donors (Lipinski definition) is 0. The van der Waals surface area contributed by atoms with Crippen LogP contribution in [0.4, 0.5) is 5.69 Å². The van der Waals surface area contributed by atoms with E-state index in [4.69, 9.17) is 21.6 Å². The van der Waals surface area contributed by atoms with E-state index in [1.54, 1.807) is 11.8 Å². The van der Waals surface area contributed by atoms with Crippen molar-refractivity contribution in [3.8, 4) is 6.07 Å². The first-order valence-electron chi connectivity index (χ1n) is 5.55. The molecule has 0 spiro atoms. The van der Waals surface area contributed by atoms with Crippen LogP contribution < -0.4 is 4.90 Å². The smallest absolute Gasteiger partial charge is 0.305 e. The van der Waals surface area contributed by atoms with E-state index in [9.17, 15) is 4.79 Å². The Hall–Kier alpha value is -1.73. The van der Waals surface area contributed by atoms with Crippen LogP contribution in [-0.4, -0.2) is 17.7 Å². The van der Waals surface area contributed by atoms with Crippen molar-refractivity contribution < 1.29 is 9.53 Å². The lowest BCUT2D eigenvalue weighted by atomic mass is 10.2. The lowest BCUT2D eigenvalue weighted by molar-refractivity contribution is -0.148. The van der Waals surface area contributed by atoms with Gasteiger partial charge in [0.2, 0.25) is 0 Å². The molecular weight excluding hydrogens is 252 g/mol. The van der Waals surface area contributed by atoms with Gasteiger partial charge in [0.25, 0.3) is 5.18 Å². The predicted octanol–water partition coefficient (Wildman–Crippen LogP) is 2.88. The lowest BCUT2D eigenvalue weighted by Gasteiger charge is -2.36. The van der Waals surface area contributed by atoms with Gasteiger partial charge in [0, 0.05) is 26.1 Å². The Morgan fingerprint density at radius 3 is 2.61 bits per heavy atom. The summed E-state index contributed by atoms with van der Waals surface area (Å²) in [5.41, 5.74) is 0.798. The van der Waals surface area contributed by atoms with Crippen LogP contribution in [0.25, 0.3) is 0 Å². The Bertz CT molecular complexity index is 440. The van der Waals surface area contributed by atoms with Gasteiger partial charge in [-0.1, -0.05) is 29.8 Å². The van der Waals surface area contributed by atoms with E-state index in [0.29, 0.717) is 13.0 Å². The standard InChI is InChI=1S/C13H15ClN2O2/c1-11(17)18-13(2,14)16(10-6-9-15)12-7-4-3-5-8-12/h3-5,7-8H,6,10H2,1-2H3. The van der Waals surface area contributed by atoms with Crippen LogP contribution >= 0.6 is 11.6 Å².